The van der Waals surface area contributed by atoms with Crippen LogP contribution in [-0.4, -0.2) is 18.4 Å². The van der Waals surface area contributed by atoms with Crippen molar-refractivity contribution in [1.29, 1.82) is 0 Å². The number of anilines is 2. The smallest absolute Gasteiger partial charge is 0.255 e. The van der Waals surface area contributed by atoms with E-state index < -0.39 is 0 Å². The lowest BCUT2D eigenvalue weighted by molar-refractivity contribution is -0.119. The minimum Gasteiger partial charge on any atom is -0.322 e. The molecule has 4 heteroatoms. The minimum atomic E-state index is -0.134. The summed E-state index contributed by atoms with van der Waals surface area (Å²) in [7, 11) is 0. The molecule has 0 saturated carbocycles. The standard InChI is InChI=1S/C21H22N2O2/c1-12-7-13(2)9-16(8-12)20(24)22-17-10-15-5-4-6-23-19(15)18(11-17)14(3)21(23)25/h7-11,14H,4-6H2,1-3H3,(H,22,24)/t14-/m1/s1. The van der Waals surface area contributed by atoms with Gasteiger partial charge in [0.2, 0.25) is 5.91 Å². The molecule has 0 saturated heterocycles. The van der Waals surface area contributed by atoms with Gasteiger partial charge in [0.1, 0.15) is 0 Å². The van der Waals surface area contributed by atoms with Gasteiger partial charge in [0.25, 0.3) is 5.91 Å². The van der Waals surface area contributed by atoms with Crippen LogP contribution in [0.1, 0.15) is 51.9 Å². The highest BCUT2D eigenvalue weighted by atomic mass is 16.2. The Morgan fingerprint density at radius 1 is 1.12 bits per heavy atom. The van der Waals surface area contributed by atoms with Crippen LogP contribution in [-0.2, 0) is 11.2 Å². The van der Waals surface area contributed by atoms with E-state index in [0.29, 0.717) is 5.56 Å². The lowest BCUT2D eigenvalue weighted by Crippen LogP contribution is -2.32. The van der Waals surface area contributed by atoms with E-state index >= 15 is 0 Å². The number of nitrogens with zero attached hydrogens (tertiary/aromatic N) is 1. The molecule has 0 fully saturated rings. The molecule has 0 spiro atoms. The molecule has 2 aliphatic heterocycles. The van der Waals surface area contributed by atoms with Crippen LogP contribution in [0.5, 0.6) is 0 Å². The van der Waals surface area contributed by atoms with Gasteiger partial charge in [-0.2, -0.15) is 0 Å². The van der Waals surface area contributed by atoms with Gasteiger partial charge in [-0.05, 0) is 69.0 Å². The first kappa shape index (κ1) is 15.9. The molecule has 2 aliphatic rings. The third-order valence-electron chi connectivity index (χ3n) is 5.16. The highest BCUT2D eigenvalue weighted by molar-refractivity contribution is 6.08. The Hall–Kier alpha value is -2.62. The Kier molecular flexibility index (Phi) is 3.64. The number of rotatable bonds is 2. The topological polar surface area (TPSA) is 49.4 Å². The number of hydrogen-bond acceptors (Lipinski definition) is 2. The molecule has 0 bridgehead atoms. The lowest BCUT2D eigenvalue weighted by Gasteiger charge is -2.26. The molecular formula is C21H22N2O2. The minimum absolute atomic E-state index is 0.108. The van der Waals surface area contributed by atoms with Gasteiger partial charge >= 0.3 is 0 Å². The Bertz CT molecular complexity index is 881. The Labute approximate surface area is 147 Å². The van der Waals surface area contributed by atoms with Gasteiger partial charge in [0.15, 0.2) is 0 Å². The highest BCUT2D eigenvalue weighted by Gasteiger charge is 2.37. The predicted molar refractivity (Wildman–Crippen MR) is 99.4 cm³/mol. The van der Waals surface area contributed by atoms with Crippen molar-refractivity contribution in [3.63, 3.8) is 0 Å². The van der Waals surface area contributed by atoms with Crippen molar-refractivity contribution in [2.45, 2.75) is 39.5 Å². The van der Waals surface area contributed by atoms with E-state index in [0.717, 1.165) is 53.0 Å². The summed E-state index contributed by atoms with van der Waals surface area (Å²) in [6.07, 6.45) is 1.92. The monoisotopic (exact) mass is 334 g/mol. The summed E-state index contributed by atoms with van der Waals surface area (Å²) in [5.74, 6) is -0.0674. The first-order valence-corrected chi connectivity index (χ1v) is 8.82. The summed E-state index contributed by atoms with van der Waals surface area (Å²) >= 11 is 0. The third kappa shape index (κ3) is 2.62. The maximum absolute atomic E-state index is 12.7. The fourth-order valence-corrected chi connectivity index (χ4v) is 4.08. The number of benzene rings is 2. The molecular weight excluding hydrogens is 312 g/mol. The van der Waals surface area contributed by atoms with Crippen molar-refractivity contribution in [2.75, 3.05) is 16.8 Å². The molecule has 4 rings (SSSR count). The molecule has 2 amide bonds. The van der Waals surface area contributed by atoms with E-state index in [9.17, 15) is 9.59 Å². The molecule has 1 N–H and O–H groups in total. The number of aryl methyl sites for hydroxylation is 3. The normalized spacial score (nSPS) is 18.3. The van der Waals surface area contributed by atoms with Crippen LogP contribution >= 0.6 is 0 Å². The van der Waals surface area contributed by atoms with Crippen molar-refractivity contribution in [2.24, 2.45) is 0 Å². The van der Waals surface area contributed by atoms with Crippen molar-refractivity contribution in [1.82, 2.24) is 0 Å². The molecule has 0 aromatic heterocycles. The van der Waals surface area contributed by atoms with Crippen LogP contribution in [0.25, 0.3) is 0 Å². The van der Waals surface area contributed by atoms with Gasteiger partial charge < -0.3 is 10.2 Å². The summed E-state index contributed by atoms with van der Waals surface area (Å²) in [4.78, 5) is 27.0. The molecule has 25 heavy (non-hydrogen) atoms. The molecule has 0 aliphatic carbocycles. The van der Waals surface area contributed by atoms with Crippen LogP contribution in [0, 0.1) is 13.8 Å². The number of carbonyl (C=O) groups is 2. The van der Waals surface area contributed by atoms with Gasteiger partial charge in [-0.3, -0.25) is 9.59 Å². The molecule has 2 aromatic carbocycles. The quantitative estimate of drug-likeness (QED) is 0.904. The van der Waals surface area contributed by atoms with Crippen LogP contribution in [0.4, 0.5) is 11.4 Å². The average Bonchev–Trinajstić information content (AvgIpc) is 2.81. The fourth-order valence-electron chi connectivity index (χ4n) is 4.08. The van der Waals surface area contributed by atoms with E-state index in [2.05, 4.69) is 11.4 Å². The third-order valence-corrected chi connectivity index (χ3v) is 5.16. The van der Waals surface area contributed by atoms with Crippen LogP contribution in [0.15, 0.2) is 30.3 Å². The highest BCUT2D eigenvalue weighted by Crippen LogP contribution is 2.44. The second-order valence-corrected chi connectivity index (χ2v) is 7.22. The molecule has 2 heterocycles. The van der Waals surface area contributed by atoms with Crippen molar-refractivity contribution >= 4 is 23.2 Å². The first-order chi connectivity index (χ1) is 11.9. The summed E-state index contributed by atoms with van der Waals surface area (Å²) in [6, 6.07) is 9.84. The Balaban J connectivity index is 1.69. The second kappa shape index (κ2) is 5.73. The summed E-state index contributed by atoms with van der Waals surface area (Å²) < 4.78 is 0. The molecule has 0 unspecified atom stereocenters. The van der Waals surface area contributed by atoms with E-state index in [1.54, 1.807) is 0 Å². The molecule has 128 valence electrons. The maximum Gasteiger partial charge on any atom is 0.255 e. The average molecular weight is 334 g/mol. The van der Waals surface area contributed by atoms with Crippen LogP contribution in [0.2, 0.25) is 0 Å². The van der Waals surface area contributed by atoms with Gasteiger partial charge in [-0.15, -0.1) is 0 Å². The Morgan fingerprint density at radius 3 is 2.56 bits per heavy atom. The summed E-state index contributed by atoms with van der Waals surface area (Å²) in [5, 5.41) is 3.02. The summed E-state index contributed by atoms with van der Waals surface area (Å²) in [6.45, 7) is 6.74. The second-order valence-electron chi connectivity index (χ2n) is 7.22. The molecule has 4 nitrogen and oxygen atoms in total. The first-order valence-electron chi connectivity index (χ1n) is 8.82. The zero-order chi connectivity index (χ0) is 17.7. The number of nitrogens with one attached hydrogen (secondary N) is 1. The van der Waals surface area contributed by atoms with Gasteiger partial charge in [-0.1, -0.05) is 17.2 Å². The molecule has 2 aromatic rings. The molecule has 1 atom stereocenters. The van der Waals surface area contributed by atoms with E-state index in [-0.39, 0.29) is 17.7 Å². The number of hydrogen-bond donors (Lipinski definition) is 1. The van der Waals surface area contributed by atoms with Crippen LogP contribution < -0.4 is 10.2 Å². The van der Waals surface area contributed by atoms with E-state index in [1.165, 1.54) is 0 Å². The van der Waals surface area contributed by atoms with Crippen LogP contribution in [0.3, 0.4) is 0 Å². The lowest BCUT2D eigenvalue weighted by atomic mass is 9.96. The van der Waals surface area contributed by atoms with Gasteiger partial charge in [0.05, 0.1) is 11.6 Å². The van der Waals surface area contributed by atoms with Crippen molar-refractivity contribution in [3.8, 4) is 0 Å². The molecule has 0 radical (unpaired) electrons. The fraction of sp³-hybridized carbons (Fsp3) is 0.333. The van der Waals surface area contributed by atoms with Gasteiger partial charge in [0, 0.05) is 17.8 Å². The Morgan fingerprint density at radius 2 is 1.84 bits per heavy atom. The zero-order valence-corrected chi connectivity index (χ0v) is 14.8. The van der Waals surface area contributed by atoms with E-state index in [1.807, 2.05) is 49.9 Å². The maximum atomic E-state index is 12.7. The van der Waals surface area contributed by atoms with Gasteiger partial charge in [-0.25, -0.2) is 0 Å². The number of carbonyl (C=O) groups excluding carboxylic acids is 2. The van der Waals surface area contributed by atoms with Crippen molar-refractivity contribution in [3.05, 3.63) is 58.1 Å². The zero-order valence-electron chi connectivity index (χ0n) is 14.8. The predicted octanol–water partition coefficient (Wildman–Crippen LogP) is 3.95. The van der Waals surface area contributed by atoms with Crippen molar-refractivity contribution < 1.29 is 9.59 Å². The summed E-state index contributed by atoms with van der Waals surface area (Å²) in [5.41, 5.74) is 6.87. The van der Waals surface area contributed by atoms with E-state index in [4.69, 9.17) is 0 Å². The number of amides is 2. The SMILES string of the molecule is Cc1cc(C)cc(C(=O)Nc2cc3c4c(c2)[C@@H](C)C(=O)N4CCC3)c1. The largest absolute Gasteiger partial charge is 0.322 e.